The molecule has 0 spiro atoms. The van der Waals surface area contributed by atoms with Gasteiger partial charge >= 0.3 is 6.09 Å². The summed E-state index contributed by atoms with van der Waals surface area (Å²) >= 11 is 6.15. The Labute approximate surface area is 456 Å². The van der Waals surface area contributed by atoms with Crippen LogP contribution in [0.4, 0.5) is 16.4 Å². The van der Waals surface area contributed by atoms with Crippen LogP contribution in [0.25, 0.3) is 11.1 Å². The first-order valence-corrected chi connectivity index (χ1v) is 27.5. The fraction of sp³-hybridized carbons (Fsp3) is 0.475. The molecule has 2 saturated heterocycles. The number of aliphatic hydroxyl groups is 3. The number of nitrogen functional groups attached to an aromatic ring is 2. The summed E-state index contributed by atoms with van der Waals surface area (Å²) in [6.45, 7) is 7.10. The Balaban J connectivity index is 0.929. The first kappa shape index (κ1) is 57.0. The van der Waals surface area contributed by atoms with Gasteiger partial charge in [-0.05, 0) is 84.4 Å². The lowest BCUT2D eigenvalue weighted by atomic mass is 9.93. The van der Waals surface area contributed by atoms with Gasteiger partial charge < -0.3 is 61.0 Å². The van der Waals surface area contributed by atoms with Gasteiger partial charge in [-0.25, -0.2) is 14.8 Å². The van der Waals surface area contributed by atoms with E-state index in [9.17, 15) is 29.7 Å². The van der Waals surface area contributed by atoms with Crippen molar-refractivity contribution < 1.29 is 43.9 Å². The number of nitrogens with two attached hydrogens (primary N) is 2. The number of nitrogens with zero attached hydrogens (tertiary/aromatic N) is 5. The fourth-order valence-corrected chi connectivity index (χ4v) is 11.0. The highest BCUT2D eigenvalue weighted by atomic mass is 35.5. The summed E-state index contributed by atoms with van der Waals surface area (Å²) in [5.74, 6) is -1.23. The third-order valence-corrected chi connectivity index (χ3v) is 15.5. The van der Waals surface area contributed by atoms with Crippen LogP contribution in [0.1, 0.15) is 102 Å². The molecule has 0 radical (unpaired) electrons. The maximum absolute atomic E-state index is 14.7. The lowest BCUT2D eigenvalue weighted by Gasteiger charge is -2.39. The van der Waals surface area contributed by atoms with Gasteiger partial charge in [0.05, 0.1) is 12.7 Å². The molecule has 77 heavy (non-hydrogen) atoms. The van der Waals surface area contributed by atoms with Crippen LogP contribution in [-0.4, -0.2) is 148 Å². The molecule has 17 nitrogen and oxygen atoms in total. The van der Waals surface area contributed by atoms with Crippen molar-refractivity contribution in [1.82, 2.24) is 30.0 Å². The van der Waals surface area contributed by atoms with Crippen LogP contribution in [0.2, 0.25) is 5.15 Å². The third kappa shape index (κ3) is 14.9. The van der Waals surface area contributed by atoms with Gasteiger partial charge in [-0.1, -0.05) is 141 Å². The van der Waals surface area contributed by atoms with Gasteiger partial charge in [0.1, 0.15) is 24.9 Å². The van der Waals surface area contributed by atoms with Gasteiger partial charge in [0.2, 0.25) is 5.91 Å². The van der Waals surface area contributed by atoms with E-state index in [4.69, 9.17) is 37.3 Å². The summed E-state index contributed by atoms with van der Waals surface area (Å²) in [5, 5.41) is 36.4. The smallest absolute Gasteiger partial charge is 0.409 e. The number of likely N-dealkylation sites (tertiary alicyclic amines) is 1. The number of aliphatic hydroxyl groups excluding tert-OH is 3. The van der Waals surface area contributed by atoms with Crippen molar-refractivity contribution in [3.8, 4) is 11.1 Å². The number of benzene rings is 4. The Kier molecular flexibility index (Phi) is 20.3. The number of hydrogen-bond acceptors (Lipinski definition) is 14. The topological polar surface area (TPSA) is 239 Å². The molecule has 8 rings (SSSR count). The van der Waals surface area contributed by atoms with Crippen LogP contribution < -0.4 is 16.8 Å². The number of rotatable bonds is 24. The molecule has 0 unspecified atom stereocenters. The predicted molar refractivity (Wildman–Crippen MR) is 296 cm³/mol. The van der Waals surface area contributed by atoms with Crippen LogP contribution in [0.15, 0.2) is 103 Å². The second kappa shape index (κ2) is 27.4. The van der Waals surface area contributed by atoms with Crippen molar-refractivity contribution >= 4 is 41.1 Å². The minimum absolute atomic E-state index is 0.0129. The molecule has 3 aliphatic rings. The van der Waals surface area contributed by atoms with E-state index in [1.54, 1.807) is 4.90 Å². The second-order valence-electron chi connectivity index (χ2n) is 20.8. The largest absolute Gasteiger partial charge is 0.448 e. The van der Waals surface area contributed by atoms with Crippen LogP contribution in [0.3, 0.4) is 0 Å². The van der Waals surface area contributed by atoms with E-state index in [0.717, 1.165) is 64.6 Å². The number of nitrogens with one attached hydrogen (secondary N) is 1. The van der Waals surface area contributed by atoms with E-state index in [1.165, 1.54) is 0 Å². The minimum Gasteiger partial charge on any atom is -0.448 e. The maximum atomic E-state index is 14.7. The number of carbonyl (C=O) groups is 3. The molecule has 3 amide bonds. The van der Waals surface area contributed by atoms with Crippen LogP contribution in [0.5, 0.6) is 0 Å². The molecule has 0 saturated carbocycles. The lowest BCUT2D eigenvalue weighted by molar-refractivity contribution is -0.283. The number of anilines is 2. The van der Waals surface area contributed by atoms with Crippen molar-refractivity contribution in [2.75, 3.05) is 77.0 Å². The number of ether oxygens (including phenoxy) is 3. The van der Waals surface area contributed by atoms with E-state index in [0.29, 0.717) is 52.0 Å². The van der Waals surface area contributed by atoms with E-state index in [-0.39, 0.29) is 85.4 Å². The van der Waals surface area contributed by atoms with Gasteiger partial charge in [-0.15, -0.1) is 0 Å². The molecular weight excluding hydrogens is 1000 g/mol. The fourth-order valence-electron chi connectivity index (χ4n) is 10.9. The normalized spacial score (nSPS) is 18.8. The molecule has 0 bridgehead atoms. The molecular formula is C59H75ClN8O9. The molecule has 1 aliphatic carbocycles. The van der Waals surface area contributed by atoms with Gasteiger partial charge in [-0.2, -0.15) is 0 Å². The van der Waals surface area contributed by atoms with E-state index < -0.39 is 42.7 Å². The van der Waals surface area contributed by atoms with Crippen molar-refractivity contribution in [2.45, 2.75) is 102 Å². The zero-order valence-corrected chi connectivity index (χ0v) is 45.0. The van der Waals surface area contributed by atoms with Crippen molar-refractivity contribution in [2.24, 2.45) is 11.8 Å². The summed E-state index contributed by atoms with van der Waals surface area (Å²) in [7, 11) is 0. The zero-order valence-electron chi connectivity index (χ0n) is 44.2. The SMILES string of the molecule is CCCCCCN(CCC(=O)N1CCC(CN(C[C@H](CNC(=O)c2nc(Cl)c(N)nc2N)Cc2ccccc2C)C(=O)OCC2c3ccccc3-c3ccccc32)CC1)C[C@H](O)[C@@H](O)[C@@H]1O[C@H](c2ccccc2)OC[C@H]1O. The third-order valence-electron chi connectivity index (χ3n) is 15.3. The first-order valence-electron chi connectivity index (χ1n) is 27.1. The minimum atomic E-state index is -1.40. The molecule has 2 aliphatic heterocycles. The number of halogens is 1. The average Bonchev–Trinajstić information content (AvgIpc) is 3.82. The van der Waals surface area contributed by atoms with E-state index in [2.05, 4.69) is 46.5 Å². The Bertz CT molecular complexity index is 2700. The Hall–Kier alpha value is -6.18. The molecule has 2 fully saturated rings. The molecule has 18 heteroatoms. The number of piperidine rings is 1. The molecule has 3 heterocycles. The number of unbranched alkanes of at least 4 members (excludes halogenated alkanes) is 3. The first-order chi connectivity index (χ1) is 37.3. The monoisotopic (exact) mass is 1070 g/mol. The van der Waals surface area contributed by atoms with Crippen LogP contribution >= 0.6 is 11.6 Å². The molecule has 4 aromatic carbocycles. The van der Waals surface area contributed by atoms with Gasteiger partial charge in [0.25, 0.3) is 5.91 Å². The van der Waals surface area contributed by atoms with Crippen LogP contribution in [0, 0.1) is 18.8 Å². The highest BCUT2D eigenvalue weighted by Gasteiger charge is 2.40. The van der Waals surface area contributed by atoms with Crippen molar-refractivity contribution in [3.05, 3.63) is 142 Å². The number of hydrogen-bond donors (Lipinski definition) is 6. The summed E-state index contributed by atoms with van der Waals surface area (Å²) < 4.78 is 18.0. The van der Waals surface area contributed by atoms with Gasteiger partial charge in [-0.3, -0.25) is 9.59 Å². The molecule has 5 aromatic rings. The quantitative estimate of drug-likeness (QED) is 0.0337. The lowest BCUT2D eigenvalue weighted by Crippen LogP contribution is -2.54. The Morgan fingerprint density at radius 1 is 0.857 bits per heavy atom. The van der Waals surface area contributed by atoms with E-state index in [1.807, 2.05) is 95.6 Å². The summed E-state index contributed by atoms with van der Waals surface area (Å²) in [6, 6.07) is 33.7. The summed E-state index contributed by atoms with van der Waals surface area (Å²) in [4.78, 5) is 56.0. The highest BCUT2D eigenvalue weighted by molar-refractivity contribution is 6.31. The number of carbonyl (C=O) groups excluding carboxylic acids is 3. The maximum Gasteiger partial charge on any atom is 0.409 e. The molecule has 8 N–H and O–H groups in total. The summed E-state index contributed by atoms with van der Waals surface area (Å²) in [5.41, 5.74) is 19.0. The highest BCUT2D eigenvalue weighted by Crippen LogP contribution is 2.44. The molecule has 6 atom stereocenters. The number of amides is 3. The summed E-state index contributed by atoms with van der Waals surface area (Å²) in [6.07, 6.45) is -0.132. The van der Waals surface area contributed by atoms with Crippen molar-refractivity contribution in [1.29, 1.82) is 0 Å². The number of aryl methyl sites for hydroxylation is 1. The molecule has 1 aromatic heterocycles. The van der Waals surface area contributed by atoms with Gasteiger partial charge in [0, 0.05) is 63.7 Å². The van der Waals surface area contributed by atoms with Crippen LogP contribution in [-0.2, 0) is 25.4 Å². The second-order valence-corrected chi connectivity index (χ2v) is 21.1. The number of fused-ring (bicyclic) bond motifs is 3. The number of aromatic nitrogens is 2. The predicted octanol–water partition coefficient (Wildman–Crippen LogP) is 7.15. The zero-order chi connectivity index (χ0) is 54.4. The molecule has 412 valence electrons. The van der Waals surface area contributed by atoms with Gasteiger partial charge in [0.15, 0.2) is 28.8 Å². The standard InChI is InChI=1S/C59H75ClN8O9/c1-3-4-5-15-27-66(35-48(69)52(72)53-49(70)37-75-58(77-53)41-17-7-6-8-18-41)28-26-50(71)67-29-24-39(25-30-67)33-68(59(74)76-36-47-45-22-13-11-20-43(45)44-21-12-14-23-46(44)47)34-40(31-42-19-10-9-16-38(42)2)32-63-57(73)51-55(61)65-56(62)54(60)64-51/h6-14,16-23,39-40,47-49,52-53,58,69-70,72H,3-5,15,24-37H2,1-2H3,(H,63,73)(H4,61,62,65)/t40-,48-,49+,52+,53+,58+/m0/s1. The Morgan fingerprint density at radius 3 is 2.23 bits per heavy atom. The average molecular weight is 1080 g/mol. The van der Waals surface area contributed by atoms with Crippen molar-refractivity contribution in [3.63, 3.8) is 0 Å². The Morgan fingerprint density at radius 2 is 1.53 bits per heavy atom. The van der Waals surface area contributed by atoms with E-state index >= 15 is 0 Å².